The van der Waals surface area contributed by atoms with Crippen molar-refractivity contribution < 1.29 is 22.4 Å². The van der Waals surface area contributed by atoms with Crippen molar-refractivity contribution in [2.24, 2.45) is 0 Å². The minimum atomic E-state index is -3.68. The molecule has 0 aliphatic carbocycles. The lowest BCUT2D eigenvalue weighted by Crippen LogP contribution is -2.57. The van der Waals surface area contributed by atoms with E-state index in [0.29, 0.717) is 18.0 Å². The minimum absolute atomic E-state index is 0.139. The predicted octanol–water partition coefficient (Wildman–Crippen LogP) is 2.46. The van der Waals surface area contributed by atoms with Crippen molar-refractivity contribution in [1.29, 1.82) is 0 Å². The first-order valence-electron chi connectivity index (χ1n) is 10.3. The largest absolute Gasteiger partial charge is 0.459 e. The second-order valence-corrected chi connectivity index (χ2v) is 10.0. The number of amides is 2. The van der Waals surface area contributed by atoms with Crippen LogP contribution in [0.2, 0.25) is 5.02 Å². The maximum absolute atomic E-state index is 13.2. The van der Waals surface area contributed by atoms with Gasteiger partial charge in [-0.15, -0.1) is 0 Å². The summed E-state index contributed by atoms with van der Waals surface area (Å²) in [7, 11) is -3.68. The summed E-state index contributed by atoms with van der Waals surface area (Å²) >= 11 is 5.94. The maximum atomic E-state index is 13.2. The first-order chi connectivity index (χ1) is 14.9. The molecule has 0 saturated carbocycles. The molecule has 10 heteroatoms. The number of furan rings is 1. The Morgan fingerprint density at radius 1 is 1.00 bits per heavy atom. The molecule has 2 aliphatic rings. The first kappa shape index (κ1) is 21.9. The molecule has 0 N–H and O–H groups in total. The third-order valence-electron chi connectivity index (χ3n) is 5.76. The number of nitrogens with zero attached hydrogens (tertiary/aromatic N) is 3. The van der Waals surface area contributed by atoms with Gasteiger partial charge in [0, 0.05) is 37.7 Å². The Hall–Kier alpha value is -2.36. The summed E-state index contributed by atoms with van der Waals surface area (Å²) in [6, 6.07) is 8.85. The lowest BCUT2D eigenvalue weighted by molar-refractivity contribution is -0.138. The highest BCUT2D eigenvalue weighted by Gasteiger charge is 2.38. The van der Waals surface area contributed by atoms with E-state index >= 15 is 0 Å². The summed E-state index contributed by atoms with van der Waals surface area (Å²) < 4.78 is 32.4. The summed E-state index contributed by atoms with van der Waals surface area (Å²) in [5.74, 6) is -0.207. The van der Waals surface area contributed by atoms with E-state index in [1.54, 1.807) is 34.1 Å². The monoisotopic (exact) mass is 465 g/mol. The van der Waals surface area contributed by atoms with Crippen LogP contribution in [-0.4, -0.2) is 73.1 Å². The highest BCUT2D eigenvalue weighted by Crippen LogP contribution is 2.24. The first-order valence-corrected chi connectivity index (χ1v) is 12.1. The van der Waals surface area contributed by atoms with Gasteiger partial charge >= 0.3 is 0 Å². The molecule has 0 spiro atoms. The zero-order valence-corrected chi connectivity index (χ0v) is 18.5. The average molecular weight is 466 g/mol. The van der Waals surface area contributed by atoms with Gasteiger partial charge in [0.1, 0.15) is 6.04 Å². The van der Waals surface area contributed by atoms with E-state index in [0.717, 1.165) is 12.8 Å². The molecule has 2 fully saturated rings. The molecule has 0 radical (unpaired) electrons. The highest BCUT2D eigenvalue weighted by atomic mass is 35.5. The third kappa shape index (κ3) is 4.49. The Morgan fingerprint density at radius 2 is 1.77 bits per heavy atom. The zero-order valence-electron chi connectivity index (χ0n) is 16.9. The molecule has 4 rings (SSSR count). The SMILES string of the molecule is O=C(C1CCCCN1C(=O)c1ccco1)N1CCN(S(=O)(=O)c2cccc(Cl)c2)CC1. The standard InChI is InChI=1S/C21H24ClN3O5S/c22-16-5-3-6-17(15-16)31(28,29)24-12-10-23(11-13-24)20(26)18-7-1-2-9-25(18)21(27)19-8-4-14-30-19/h3-6,8,14-15,18H,1-2,7,9-13H2. The van der Waals surface area contributed by atoms with Crippen LogP contribution in [0.15, 0.2) is 52.0 Å². The lowest BCUT2D eigenvalue weighted by Gasteiger charge is -2.40. The number of piperidine rings is 1. The Balaban J connectivity index is 1.43. The second kappa shape index (κ2) is 9.02. The molecule has 1 aromatic heterocycles. The summed E-state index contributed by atoms with van der Waals surface area (Å²) in [4.78, 5) is 29.4. The quantitative estimate of drug-likeness (QED) is 0.691. The van der Waals surface area contributed by atoms with E-state index < -0.39 is 16.1 Å². The van der Waals surface area contributed by atoms with Gasteiger partial charge in [-0.2, -0.15) is 4.31 Å². The Morgan fingerprint density at radius 3 is 2.45 bits per heavy atom. The second-order valence-electron chi connectivity index (χ2n) is 7.67. The molecule has 31 heavy (non-hydrogen) atoms. The van der Waals surface area contributed by atoms with Crippen molar-refractivity contribution in [2.45, 2.75) is 30.2 Å². The van der Waals surface area contributed by atoms with Crippen LogP contribution in [0.4, 0.5) is 0 Å². The van der Waals surface area contributed by atoms with Crippen molar-refractivity contribution >= 4 is 33.4 Å². The van der Waals surface area contributed by atoms with Crippen LogP contribution in [0, 0.1) is 0 Å². The third-order valence-corrected chi connectivity index (χ3v) is 7.89. The van der Waals surface area contributed by atoms with E-state index in [4.69, 9.17) is 16.0 Å². The molecule has 1 aromatic carbocycles. The minimum Gasteiger partial charge on any atom is -0.459 e. The van der Waals surface area contributed by atoms with Crippen molar-refractivity contribution in [3.8, 4) is 0 Å². The van der Waals surface area contributed by atoms with Gasteiger partial charge in [-0.1, -0.05) is 17.7 Å². The summed E-state index contributed by atoms with van der Waals surface area (Å²) in [5.41, 5.74) is 0. The normalized spacial score (nSPS) is 20.6. The fraction of sp³-hybridized carbons (Fsp3) is 0.429. The molecule has 2 amide bonds. The van der Waals surface area contributed by atoms with E-state index in [1.807, 2.05) is 0 Å². The molecule has 1 atom stereocenters. The van der Waals surface area contributed by atoms with Gasteiger partial charge in [-0.25, -0.2) is 8.42 Å². The molecule has 3 heterocycles. The van der Waals surface area contributed by atoms with Crippen molar-refractivity contribution in [1.82, 2.24) is 14.1 Å². The van der Waals surface area contributed by atoms with Crippen LogP contribution >= 0.6 is 11.6 Å². The Bertz CT molecular complexity index is 1050. The Kier molecular flexibility index (Phi) is 6.36. The van der Waals surface area contributed by atoms with Gasteiger partial charge in [0.25, 0.3) is 5.91 Å². The van der Waals surface area contributed by atoms with Gasteiger partial charge in [-0.05, 0) is 49.6 Å². The van der Waals surface area contributed by atoms with E-state index in [1.165, 1.54) is 22.7 Å². The van der Waals surface area contributed by atoms with E-state index in [-0.39, 0.29) is 48.6 Å². The van der Waals surface area contributed by atoms with Gasteiger partial charge in [0.2, 0.25) is 15.9 Å². The van der Waals surface area contributed by atoms with Gasteiger partial charge in [0.05, 0.1) is 11.2 Å². The van der Waals surface area contributed by atoms with Crippen molar-refractivity contribution in [2.75, 3.05) is 32.7 Å². The van der Waals surface area contributed by atoms with Gasteiger partial charge in [-0.3, -0.25) is 9.59 Å². The summed E-state index contributed by atoms with van der Waals surface area (Å²) in [6.07, 6.45) is 3.73. The summed E-state index contributed by atoms with van der Waals surface area (Å²) in [6.45, 7) is 1.44. The van der Waals surface area contributed by atoms with Gasteiger partial charge < -0.3 is 14.2 Å². The molecule has 8 nitrogen and oxygen atoms in total. The van der Waals surface area contributed by atoms with Crippen LogP contribution in [0.3, 0.4) is 0 Å². The molecule has 2 saturated heterocycles. The lowest BCUT2D eigenvalue weighted by atomic mass is 10.00. The zero-order chi connectivity index (χ0) is 22.0. The van der Waals surface area contributed by atoms with E-state index in [2.05, 4.69) is 0 Å². The molecule has 1 unspecified atom stereocenters. The number of halogens is 1. The van der Waals surface area contributed by atoms with Crippen LogP contribution in [0.5, 0.6) is 0 Å². The number of carbonyl (C=O) groups excluding carboxylic acids is 2. The van der Waals surface area contributed by atoms with Crippen LogP contribution < -0.4 is 0 Å². The van der Waals surface area contributed by atoms with E-state index in [9.17, 15) is 18.0 Å². The number of sulfonamides is 1. The van der Waals surface area contributed by atoms with Crippen molar-refractivity contribution in [3.63, 3.8) is 0 Å². The van der Waals surface area contributed by atoms with Crippen LogP contribution in [-0.2, 0) is 14.8 Å². The maximum Gasteiger partial charge on any atom is 0.290 e. The number of carbonyl (C=O) groups is 2. The number of hydrogen-bond acceptors (Lipinski definition) is 5. The number of benzene rings is 1. The topological polar surface area (TPSA) is 91.1 Å². The molecule has 2 aliphatic heterocycles. The highest BCUT2D eigenvalue weighted by molar-refractivity contribution is 7.89. The Labute approximate surface area is 186 Å². The number of hydrogen-bond donors (Lipinski definition) is 0. The number of piperazine rings is 1. The molecular weight excluding hydrogens is 442 g/mol. The molecule has 2 aromatic rings. The predicted molar refractivity (Wildman–Crippen MR) is 114 cm³/mol. The fourth-order valence-electron chi connectivity index (χ4n) is 4.11. The fourth-order valence-corrected chi connectivity index (χ4v) is 5.83. The molecule has 166 valence electrons. The number of likely N-dealkylation sites (tertiary alicyclic amines) is 1. The summed E-state index contributed by atoms with van der Waals surface area (Å²) in [5, 5.41) is 0.355. The number of rotatable bonds is 4. The molecular formula is C21H24ClN3O5S. The molecule has 0 bridgehead atoms. The smallest absolute Gasteiger partial charge is 0.290 e. The van der Waals surface area contributed by atoms with Crippen LogP contribution in [0.25, 0.3) is 0 Å². The van der Waals surface area contributed by atoms with Crippen molar-refractivity contribution in [3.05, 3.63) is 53.4 Å². The van der Waals surface area contributed by atoms with Gasteiger partial charge in [0.15, 0.2) is 5.76 Å². The average Bonchev–Trinajstić information content (AvgIpc) is 3.33. The van der Waals surface area contributed by atoms with Crippen LogP contribution in [0.1, 0.15) is 29.8 Å².